The fourth-order valence-corrected chi connectivity index (χ4v) is 0.911. The number of H-pyrrole nitrogens is 1. The maximum atomic E-state index is 3.35. The molecule has 0 aliphatic rings. The predicted octanol–water partition coefficient (Wildman–Crippen LogP) is 1.80. The van der Waals surface area contributed by atoms with Crippen LogP contribution in [0, 0.1) is 0 Å². The maximum absolute atomic E-state index is 3.35. The molecule has 1 N–H and O–H groups in total. The van der Waals surface area contributed by atoms with Gasteiger partial charge in [0.25, 0.3) is 0 Å². The Hall–Kier alpha value is -0.440. The molecule has 0 bridgehead atoms. The fraction of sp³-hybridized carbons (Fsp3) is 0.333. The van der Waals surface area contributed by atoms with Gasteiger partial charge in [-0.2, -0.15) is 0 Å². The summed E-state index contributed by atoms with van der Waals surface area (Å²) in [7, 11) is 2.03. The van der Waals surface area contributed by atoms with Gasteiger partial charge >= 0.3 is 0 Å². The van der Waals surface area contributed by atoms with E-state index in [0.29, 0.717) is 0 Å². The normalized spacial score (nSPS) is 9.56. The molecule has 0 aliphatic heterocycles. The zero-order valence-corrected chi connectivity index (χ0v) is 6.85. The molecule has 9 heavy (non-hydrogen) atoms. The molecule has 1 heterocycles. The van der Waals surface area contributed by atoms with Crippen molar-refractivity contribution >= 4 is 21.6 Å². The monoisotopic (exact) mass is 188 g/mol. The van der Waals surface area contributed by atoms with Crippen molar-refractivity contribution in [3.63, 3.8) is 0 Å². The van der Waals surface area contributed by atoms with Crippen LogP contribution in [-0.2, 0) is 0 Å². The van der Waals surface area contributed by atoms with Crippen LogP contribution in [0.25, 0.3) is 0 Å². The highest BCUT2D eigenvalue weighted by molar-refractivity contribution is 9.09. The third kappa shape index (κ3) is 1.48. The van der Waals surface area contributed by atoms with E-state index >= 15 is 0 Å². The Bertz CT molecular complexity index is 160. The van der Waals surface area contributed by atoms with Crippen molar-refractivity contribution in [3.8, 4) is 0 Å². The van der Waals surface area contributed by atoms with E-state index in [9.17, 15) is 0 Å². The first-order chi connectivity index (χ1) is 4.34. The molecule has 2 nitrogen and oxygen atoms in total. The Labute approximate surface area is 63.0 Å². The molecule has 3 heteroatoms. The number of halogens is 1. The molecule has 0 fully saturated rings. The molecule has 50 valence electrons. The van der Waals surface area contributed by atoms with Crippen molar-refractivity contribution in [2.75, 3.05) is 17.4 Å². The zero-order chi connectivity index (χ0) is 6.69. The molecule has 0 aliphatic carbocycles. The molecular weight excluding hydrogens is 180 g/mol. The molecule has 1 aromatic heterocycles. The third-order valence-electron chi connectivity index (χ3n) is 1.20. The van der Waals surface area contributed by atoms with Crippen molar-refractivity contribution in [2.24, 2.45) is 0 Å². The van der Waals surface area contributed by atoms with Gasteiger partial charge in [0.2, 0.25) is 0 Å². The number of alkyl halides is 1. The summed E-state index contributed by atoms with van der Waals surface area (Å²) in [5.74, 6) is 0. The minimum Gasteiger partial charge on any atom is -0.366 e. The van der Waals surface area contributed by atoms with Crippen LogP contribution in [0.5, 0.6) is 0 Å². The van der Waals surface area contributed by atoms with E-state index in [1.807, 2.05) is 25.5 Å². The Morgan fingerprint density at radius 1 is 1.78 bits per heavy atom. The highest BCUT2D eigenvalue weighted by atomic mass is 79.9. The molecule has 0 radical (unpaired) electrons. The van der Waals surface area contributed by atoms with Gasteiger partial charge in [-0.3, -0.25) is 0 Å². The average Bonchev–Trinajstić information content (AvgIpc) is 2.37. The highest BCUT2D eigenvalue weighted by Crippen LogP contribution is 2.10. The largest absolute Gasteiger partial charge is 0.366 e. The van der Waals surface area contributed by atoms with E-state index in [-0.39, 0.29) is 0 Å². The summed E-state index contributed by atoms with van der Waals surface area (Å²) in [6.45, 7) is 0. The van der Waals surface area contributed by atoms with Crippen molar-refractivity contribution in [3.05, 3.63) is 18.5 Å². The predicted molar refractivity (Wildman–Crippen MR) is 43.0 cm³/mol. The van der Waals surface area contributed by atoms with E-state index in [0.717, 1.165) is 5.45 Å². The van der Waals surface area contributed by atoms with Crippen LogP contribution < -0.4 is 4.90 Å². The highest BCUT2D eigenvalue weighted by Gasteiger charge is 1.94. The van der Waals surface area contributed by atoms with Crippen LogP contribution in [0.15, 0.2) is 18.5 Å². The van der Waals surface area contributed by atoms with Crippen LogP contribution in [0.1, 0.15) is 0 Å². The van der Waals surface area contributed by atoms with Crippen LogP contribution in [0.4, 0.5) is 5.69 Å². The first-order valence-electron chi connectivity index (χ1n) is 2.74. The average molecular weight is 189 g/mol. The number of nitrogens with one attached hydrogen (secondary N) is 1. The summed E-state index contributed by atoms with van der Waals surface area (Å²) in [5.41, 5.74) is 2.07. The van der Waals surface area contributed by atoms with E-state index in [4.69, 9.17) is 0 Å². The minimum absolute atomic E-state index is 0.866. The quantitative estimate of drug-likeness (QED) is 0.555. The van der Waals surface area contributed by atoms with Gasteiger partial charge in [-0.15, -0.1) is 0 Å². The Morgan fingerprint density at radius 2 is 2.56 bits per heavy atom. The molecule has 1 rings (SSSR count). The first-order valence-corrected chi connectivity index (χ1v) is 3.86. The topological polar surface area (TPSA) is 19.0 Å². The van der Waals surface area contributed by atoms with Crippen LogP contribution >= 0.6 is 15.9 Å². The SMILES string of the molecule is CN(CBr)c1cc[nH]c1. The summed E-state index contributed by atoms with van der Waals surface area (Å²) in [4.78, 5) is 5.08. The second-order valence-electron chi connectivity index (χ2n) is 1.89. The van der Waals surface area contributed by atoms with Gasteiger partial charge in [0.15, 0.2) is 0 Å². The van der Waals surface area contributed by atoms with Gasteiger partial charge < -0.3 is 9.88 Å². The lowest BCUT2D eigenvalue weighted by Crippen LogP contribution is -2.12. The zero-order valence-electron chi connectivity index (χ0n) is 5.26. The number of aromatic amines is 1. The van der Waals surface area contributed by atoms with Gasteiger partial charge in [-0.05, 0) is 6.07 Å². The second kappa shape index (κ2) is 2.92. The lowest BCUT2D eigenvalue weighted by atomic mass is 10.5. The van der Waals surface area contributed by atoms with Crippen LogP contribution in [0.3, 0.4) is 0 Å². The fourth-order valence-electron chi connectivity index (χ4n) is 0.622. The molecule has 0 amide bonds. The van der Waals surface area contributed by atoms with Gasteiger partial charge in [-0.1, -0.05) is 15.9 Å². The Balaban J connectivity index is 2.65. The van der Waals surface area contributed by atoms with E-state index < -0.39 is 0 Å². The molecule has 0 spiro atoms. The lowest BCUT2D eigenvalue weighted by molar-refractivity contribution is 1.11. The summed E-state index contributed by atoms with van der Waals surface area (Å²) in [5, 5.41) is 0. The Morgan fingerprint density at radius 3 is 3.00 bits per heavy atom. The van der Waals surface area contributed by atoms with Crippen molar-refractivity contribution < 1.29 is 0 Å². The van der Waals surface area contributed by atoms with E-state index in [1.54, 1.807) is 0 Å². The molecule has 0 saturated heterocycles. The molecule has 0 saturated carbocycles. The summed E-state index contributed by atoms with van der Waals surface area (Å²) >= 11 is 3.35. The van der Waals surface area contributed by atoms with E-state index in [1.165, 1.54) is 5.69 Å². The van der Waals surface area contributed by atoms with Crippen molar-refractivity contribution in [2.45, 2.75) is 0 Å². The summed E-state index contributed by atoms with van der Waals surface area (Å²) in [6.07, 6.45) is 3.87. The van der Waals surface area contributed by atoms with Gasteiger partial charge in [0.1, 0.15) is 0 Å². The number of nitrogens with zero attached hydrogens (tertiary/aromatic N) is 1. The number of hydrogen-bond donors (Lipinski definition) is 1. The summed E-state index contributed by atoms with van der Waals surface area (Å²) in [6, 6.07) is 2.03. The van der Waals surface area contributed by atoms with Gasteiger partial charge in [0, 0.05) is 19.4 Å². The minimum atomic E-state index is 0.866. The number of hydrogen-bond acceptors (Lipinski definition) is 1. The molecule has 1 aromatic rings. The summed E-state index contributed by atoms with van der Waals surface area (Å²) < 4.78 is 0. The standard InChI is InChI=1S/C6H9BrN2/c1-9(5-7)6-2-3-8-4-6/h2-4,8H,5H2,1H3. The van der Waals surface area contributed by atoms with Crippen molar-refractivity contribution in [1.82, 2.24) is 4.98 Å². The number of anilines is 1. The molecule has 0 unspecified atom stereocenters. The van der Waals surface area contributed by atoms with Gasteiger partial charge in [-0.25, -0.2) is 0 Å². The molecule has 0 aromatic carbocycles. The number of rotatable bonds is 2. The van der Waals surface area contributed by atoms with Gasteiger partial charge in [0.05, 0.1) is 11.1 Å². The number of aromatic nitrogens is 1. The lowest BCUT2D eigenvalue weighted by Gasteiger charge is -2.11. The smallest absolute Gasteiger partial charge is 0.0733 e. The molecular formula is C6H9BrN2. The molecule has 0 atom stereocenters. The van der Waals surface area contributed by atoms with Crippen LogP contribution in [0.2, 0.25) is 0 Å². The third-order valence-corrected chi connectivity index (χ3v) is 1.95. The van der Waals surface area contributed by atoms with Crippen molar-refractivity contribution in [1.29, 1.82) is 0 Å². The Kier molecular flexibility index (Phi) is 2.16. The second-order valence-corrected chi connectivity index (χ2v) is 2.39. The van der Waals surface area contributed by atoms with Crippen LogP contribution in [-0.4, -0.2) is 17.5 Å². The first kappa shape index (κ1) is 6.68. The maximum Gasteiger partial charge on any atom is 0.0733 e. The van der Waals surface area contributed by atoms with E-state index in [2.05, 4.69) is 25.8 Å².